The van der Waals surface area contributed by atoms with E-state index in [2.05, 4.69) is 4.98 Å². The molecule has 3 heterocycles. The van der Waals surface area contributed by atoms with Crippen LogP contribution in [0.25, 0.3) is 5.65 Å². The van der Waals surface area contributed by atoms with Gasteiger partial charge >= 0.3 is 5.97 Å². The summed E-state index contributed by atoms with van der Waals surface area (Å²) in [5, 5.41) is 18.5. The van der Waals surface area contributed by atoms with E-state index in [0.717, 1.165) is 0 Å². The average molecular weight is 279 g/mol. The van der Waals surface area contributed by atoms with Gasteiger partial charge in [0.25, 0.3) is 0 Å². The Morgan fingerprint density at radius 2 is 2.05 bits per heavy atom. The molecule has 0 amide bonds. The van der Waals surface area contributed by atoms with Crippen molar-refractivity contribution >= 4 is 17.3 Å². The van der Waals surface area contributed by atoms with E-state index in [1.807, 2.05) is 4.90 Å². The molecule has 20 heavy (non-hydrogen) atoms. The van der Waals surface area contributed by atoms with E-state index >= 15 is 0 Å². The molecule has 0 atom stereocenters. The van der Waals surface area contributed by atoms with Gasteiger partial charge in [-0.3, -0.25) is 0 Å². The summed E-state index contributed by atoms with van der Waals surface area (Å²) in [4.78, 5) is 16.9. The Kier molecular flexibility index (Phi) is 3.06. The van der Waals surface area contributed by atoms with Crippen LogP contribution in [-0.4, -0.2) is 44.8 Å². The van der Waals surface area contributed by atoms with E-state index < -0.39 is 11.8 Å². The molecule has 0 unspecified atom stereocenters. The number of hydrogen-bond acceptors (Lipinski definition) is 4. The van der Waals surface area contributed by atoms with Gasteiger partial charge in [0.1, 0.15) is 5.82 Å². The van der Waals surface area contributed by atoms with Crippen molar-refractivity contribution < 1.29 is 19.4 Å². The van der Waals surface area contributed by atoms with Crippen molar-refractivity contribution in [1.29, 1.82) is 0 Å². The lowest BCUT2D eigenvalue weighted by Crippen LogP contribution is -2.36. The first-order valence-electron chi connectivity index (χ1n) is 6.39. The number of rotatable bonds is 2. The fraction of sp³-hybridized carbons (Fsp3) is 0.385. The predicted molar refractivity (Wildman–Crippen MR) is 69.6 cm³/mol. The molecular formula is C13H14FN3O3. The third-order valence-corrected chi connectivity index (χ3v) is 3.52. The molecule has 0 bridgehead atoms. The molecule has 2 aromatic rings. The number of nitrogens with zero attached hydrogens (tertiary/aromatic N) is 3. The number of halogens is 1. The summed E-state index contributed by atoms with van der Waals surface area (Å²) in [7, 11) is 0. The Bertz CT molecular complexity index is 662. The number of fused-ring (bicyclic) bond motifs is 1. The smallest absolute Gasteiger partial charge is 0.356 e. The van der Waals surface area contributed by atoms with Crippen LogP contribution in [0, 0.1) is 5.82 Å². The number of carboxylic acid groups (broad SMARTS) is 1. The highest BCUT2D eigenvalue weighted by Crippen LogP contribution is 2.26. The highest BCUT2D eigenvalue weighted by molar-refractivity contribution is 5.87. The Labute approximate surface area is 114 Å². The summed E-state index contributed by atoms with van der Waals surface area (Å²) in [6.07, 6.45) is 3.38. The quantitative estimate of drug-likeness (QED) is 0.861. The number of hydrogen-bond donors (Lipinski definition) is 2. The third-order valence-electron chi connectivity index (χ3n) is 3.52. The van der Waals surface area contributed by atoms with E-state index in [1.54, 1.807) is 0 Å². The molecule has 0 spiro atoms. The molecule has 1 aliphatic heterocycles. The van der Waals surface area contributed by atoms with Gasteiger partial charge in [-0.25, -0.2) is 14.2 Å². The van der Waals surface area contributed by atoms with E-state index in [0.29, 0.717) is 37.3 Å². The van der Waals surface area contributed by atoms with Gasteiger partial charge in [0.2, 0.25) is 0 Å². The summed E-state index contributed by atoms with van der Waals surface area (Å²) < 4.78 is 15.1. The van der Waals surface area contributed by atoms with E-state index in [1.165, 1.54) is 22.9 Å². The van der Waals surface area contributed by atoms with Crippen LogP contribution in [0.15, 0.2) is 18.5 Å². The number of carboxylic acids is 1. The number of piperidine rings is 1. The second-order valence-electron chi connectivity index (χ2n) is 4.92. The zero-order chi connectivity index (χ0) is 14.3. The second-order valence-corrected chi connectivity index (χ2v) is 4.92. The summed E-state index contributed by atoms with van der Waals surface area (Å²) in [6.45, 7) is 1.19. The molecule has 6 nitrogen and oxygen atoms in total. The average Bonchev–Trinajstić information content (AvgIpc) is 2.82. The van der Waals surface area contributed by atoms with Crippen LogP contribution in [0.2, 0.25) is 0 Å². The molecule has 7 heteroatoms. The highest BCUT2D eigenvalue weighted by Gasteiger charge is 2.21. The maximum atomic E-state index is 13.7. The molecule has 1 aliphatic rings. The molecular weight excluding hydrogens is 265 g/mol. The zero-order valence-corrected chi connectivity index (χ0v) is 10.7. The predicted octanol–water partition coefficient (Wildman–Crippen LogP) is 1.13. The Hall–Kier alpha value is -2.15. The first-order valence-corrected chi connectivity index (χ1v) is 6.39. The van der Waals surface area contributed by atoms with Crippen LogP contribution in [0.1, 0.15) is 23.3 Å². The van der Waals surface area contributed by atoms with Crippen molar-refractivity contribution in [2.24, 2.45) is 0 Å². The normalized spacial score (nSPS) is 16.8. The van der Waals surface area contributed by atoms with Gasteiger partial charge in [-0.1, -0.05) is 0 Å². The van der Waals surface area contributed by atoms with Crippen molar-refractivity contribution in [2.45, 2.75) is 18.9 Å². The summed E-state index contributed by atoms with van der Waals surface area (Å²) in [5.41, 5.74) is 0.860. The number of aromatic nitrogens is 2. The van der Waals surface area contributed by atoms with E-state index in [4.69, 9.17) is 5.11 Å². The van der Waals surface area contributed by atoms with Gasteiger partial charge < -0.3 is 19.5 Å². The summed E-state index contributed by atoms with van der Waals surface area (Å²) in [6, 6.07) is 1.35. The van der Waals surface area contributed by atoms with Crippen molar-refractivity contribution in [2.75, 3.05) is 18.0 Å². The lowest BCUT2D eigenvalue weighted by molar-refractivity contribution is 0.0691. The molecule has 0 aliphatic carbocycles. The van der Waals surface area contributed by atoms with Crippen LogP contribution in [0.4, 0.5) is 10.1 Å². The molecule has 0 radical (unpaired) electrons. The molecule has 0 aromatic carbocycles. The Morgan fingerprint density at radius 3 is 2.70 bits per heavy atom. The van der Waals surface area contributed by atoms with Gasteiger partial charge in [-0.05, 0) is 12.8 Å². The minimum absolute atomic E-state index is 0.117. The molecule has 2 N–H and O–H groups in total. The van der Waals surface area contributed by atoms with Gasteiger partial charge in [0.05, 0.1) is 11.8 Å². The number of anilines is 1. The molecule has 1 saturated heterocycles. The topological polar surface area (TPSA) is 78.1 Å². The summed E-state index contributed by atoms with van der Waals surface area (Å²) >= 11 is 0. The standard InChI is InChI=1S/C13H14FN3O3/c14-8-5-11(16-3-1-9(18)2-4-16)12-15-10(13(19)20)7-17(12)6-8/h5-7,9,18H,1-4H2,(H,19,20). The highest BCUT2D eigenvalue weighted by atomic mass is 19.1. The second kappa shape index (κ2) is 4.75. The molecule has 2 aromatic heterocycles. The molecule has 1 fully saturated rings. The molecule has 106 valence electrons. The minimum Gasteiger partial charge on any atom is -0.476 e. The SMILES string of the molecule is O=C(O)c1cn2cc(F)cc(N3CCC(O)CC3)c2n1. The van der Waals surface area contributed by atoms with Gasteiger partial charge in [-0.2, -0.15) is 0 Å². The fourth-order valence-electron chi connectivity index (χ4n) is 2.49. The molecule has 0 saturated carbocycles. The minimum atomic E-state index is -1.14. The number of aliphatic hydroxyl groups is 1. The van der Waals surface area contributed by atoms with Crippen LogP contribution in [0.3, 0.4) is 0 Å². The summed E-state index contributed by atoms with van der Waals surface area (Å²) in [5.74, 6) is -1.60. The van der Waals surface area contributed by atoms with Gasteiger partial charge in [-0.15, -0.1) is 0 Å². The van der Waals surface area contributed by atoms with Gasteiger partial charge in [0, 0.05) is 31.5 Å². The molecule has 3 rings (SSSR count). The van der Waals surface area contributed by atoms with Crippen LogP contribution < -0.4 is 4.90 Å². The van der Waals surface area contributed by atoms with Gasteiger partial charge in [0.15, 0.2) is 11.3 Å². The number of carbonyl (C=O) groups is 1. The van der Waals surface area contributed by atoms with Crippen molar-refractivity contribution in [3.8, 4) is 0 Å². The first kappa shape index (κ1) is 12.9. The van der Waals surface area contributed by atoms with E-state index in [-0.39, 0.29) is 11.8 Å². The number of imidazole rings is 1. The largest absolute Gasteiger partial charge is 0.476 e. The number of pyridine rings is 1. The fourth-order valence-corrected chi connectivity index (χ4v) is 2.49. The van der Waals surface area contributed by atoms with Crippen molar-refractivity contribution in [3.05, 3.63) is 30.0 Å². The van der Waals surface area contributed by atoms with Crippen LogP contribution in [0.5, 0.6) is 0 Å². The monoisotopic (exact) mass is 279 g/mol. The Morgan fingerprint density at radius 1 is 1.35 bits per heavy atom. The van der Waals surface area contributed by atoms with Crippen LogP contribution >= 0.6 is 0 Å². The lowest BCUT2D eigenvalue weighted by atomic mass is 10.1. The first-order chi connectivity index (χ1) is 9.54. The maximum absolute atomic E-state index is 13.7. The number of aliphatic hydroxyl groups excluding tert-OH is 1. The maximum Gasteiger partial charge on any atom is 0.356 e. The van der Waals surface area contributed by atoms with Crippen LogP contribution in [-0.2, 0) is 0 Å². The van der Waals surface area contributed by atoms with E-state index in [9.17, 15) is 14.3 Å². The number of aromatic carboxylic acids is 1. The van der Waals surface area contributed by atoms with Crippen molar-refractivity contribution in [3.63, 3.8) is 0 Å². The Balaban J connectivity index is 2.07. The van der Waals surface area contributed by atoms with Crippen molar-refractivity contribution in [1.82, 2.24) is 9.38 Å². The zero-order valence-electron chi connectivity index (χ0n) is 10.7. The lowest BCUT2D eigenvalue weighted by Gasteiger charge is -2.31. The third kappa shape index (κ3) is 2.20.